The van der Waals surface area contributed by atoms with Gasteiger partial charge in [-0.3, -0.25) is 0 Å². The number of hydrogen-bond acceptors (Lipinski definition) is 3. The largest absolute Gasteiger partial charge is 0.407 e. The molecule has 0 radical (unpaired) electrons. The Morgan fingerprint density at radius 3 is 1.89 bits per heavy atom. The monoisotopic (exact) mass is 400 g/mol. The van der Waals surface area contributed by atoms with Crippen molar-refractivity contribution in [1.82, 2.24) is 0 Å². The van der Waals surface area contributed by atoms with E-state index in [1.165, 1.54) is 10.4 Å². The van der Waals surface area contributed by atoms with Gasteiger partial charge in [0.15, 0.2) is 0 Å². The maximum Gasteiger partial charge on any atom is 0.261 e. The fraction of sp³-hybridized carbons (Fsp3) is 0.500. The van der Waals surface area contributed by atoms with E-state index in [-0.39, 0.29) is 5.04 Å². The van der Waals surface area contributed by atoms with Crippen molar-refractivity contribution in [2.45, 2.75) is 45.6 Å². The first-order valence-electron chi connectivity index (χ1n) is 10.2. The van der Waals surface area contributed by atoms with Crippen LogP contribution in [-0.4, -0.2) is 35.4 Å². The highest BCUT2D eigenvalue weighted by Gasteiger charge is 2.49. The highest BCUT2D eigenvalue weighted by molar-refractivity contribution is 6.99. The van der Waals surface area contributed by atoms with Gasteiger partial charge in [0.2, 0.25) is 0 Å². The first-order valence-corrected chi connectivity index (χ1v) is 12.1. The summed E-state index contributed by atoms with van der Waals surface area (Å²) in [6, 6.07) is 21.6. The summed E-state index contributed by atoms with van der Waals surface area (Å²) in [5.41, 5.74) is 0. The van der Waals surface area contributed by atoms with Gasteiger partial charge in [0.05, 0.1) is 6.61 Å². The highest BCUT2D eigenvalue weighted by atomic mass is 28.4. The average molecular weight is 401 g/mol. The molecule has 2 aromatic carbocycles. The second kappa shape index (κ2) is 10.9. The number of methoxy groups -OCH3 is 1. The van der Waals surface area contributed by atoms with Crippen LogP contribution in [0.2, 0.25) is 5.04 Å². The fourth-order valence-corrected chi connectivity index (χ4v) is 8.44. The van der Waals surface area contributed by atoms with Crippen LogP contribution in [0.1, 0.15) is 40.5 Å². The van der Waals surface area contributed by atoms with Crippen LogP contribution in [0, 0.1) is 5.92 Å². The summed E-state index contributed by atoms with van der Waals surface area (Å²) >= 11 is 0. The van der Waals surface area contributed by atoms with Gasteiger partial charge in [-0.05, 0) is 34.2 Å². The van der Waals surface area contributed by atoms with Crippen LogP contribution in [0.5, 0.6) is 0 Å². The van der Waals surface area contributed by atoms with Crippen LogP contribution in [0.15, 0.2) is 60.7 Å². The van der Waals surface area contributed by atoms with Crippen LogP contribution in [0.4, 0.5) is 0 Å². The molecule has 0 saturated heterocycles. The predicted molar refractivity (Wildman–Crippen MR) is 120 cm³/mol. The van der Waals surface area contributed by atoms with Crippen molar-refractivity contribution in [3.05, 3.63) is 60.7 Å². The zero-order valence-electron chi connectivity index (χ0n) is 18.1. The molecule has 0 aliphatic heterocycles. The van der Waals surface area contributed by atoms with E-state index in [4.69, 9.17) is 13.9 Å². The summed E-state index contributed by atoms with van der Waals surface area (Å²) < 4.78 is 17.4. The molecule has 4 heteroatoms. The van der Waals surface area contributed by atoms with Crippen molar-refractivity contribution in [2.75, 3.05) is 27.1 Å². The van der Waals surface area contributed by atoms with Crippen molar-refractivity contribution in [1.29, 1.82) is 0 Å². The summed E-state index contributed by atoms with van der Waals surface area (Å²) in [4.78, 5) is 0. The predicted octanol–water partition coefficient (Wildman–Crippen LogP) is 4.60. The van der Waals surface area contributed by atoms with Crippen molar-refractivity contribution in [2.24, 2.45) is 5.92 Å². The molecule has 154 valence electrons. The molecule has 2 aromatic rings. The third-order valence-electron chi connectivity index (χ3n) is 5.18. The zero-order chi connectivity index (χ0) is 20.5. The first kappa shape index (κ1) is 22.8. The third kappa shape index (κ3) is 5.77. The molecule has 0 aromatic heterocycles. The summed E-state index contributed by atoms with van der Waals surface area (Å²) in [6.07, 6.45) is 2.12. The van der Waals surface area contributed by atoms with E-state index in [0.717, 1.165) is 26.1 Å². The third-order valence-corrected chi connectivity index (χ3v) is 10.2. The summed E-state index contributed by atoms with van der Waals surface area (Å²) in [5, 5.41) is 2.71. The Morgan fingerprint density at radius 1 is 0.893 bits per heavy atom. The number of hydrogen-bond donors (Lipinski definition) is 0. The van der Waals surface area contributed by atoms with Crippen molar-refractivity contribution in [3.8, 4) is 0 Å². The first-order chi connectivity index (χ1) is 13.4. The molecule has 0 unspecified atom stereocenters. The standard InChI is InChI=1S/C24H36O3Si/c1-21(19-26-20-25-5)13-12-18-27-28(24(2,3)4,22-14-8-6-9-15-22)23-16-10-7-11-17-23/h6-11,14-17,21H,12-13,18-20H2,1-5H3/t21-/m1/s1. The molecule has 28 heavy (non-hydrogen) atoms. The molecular formula is C24H36O3Si. The molecule has 3 nitrogen and oxygen atoms in total. The van der Waals surface area contributed by atoms with Crippen molar-refractivity contribution >= 4 is 18.7 Å². The maximum atomic E-state index is 6.92. The lowest BCUT2D eigenvalue weighted by molar-refractivity contribution is -0.0426. The van der Waals surface area contributed by atoms with Gasteiger partial charge in [-0.2, -0.15) is 0 Å². The molecule has 0 heterocycles. The van der Waals surface area contributed by atoms with Gasteiger partial charge in [0.1, 0.15) is 6.79 Å². The number of rotatable bonds is 11. The Bertz CT molecular complexity index is 628. The lowest BCUT2D eigenvalue weighted by Gasteiger charge is -2.43. The zero-order valence-corrected chi connectivity index (χ0v) is 19.1. The number of benzene rings is 2. The van der Waals surface area contributed by atoms with E-state index in [1.807, 2.05) is 0 Å². The van der Waals surface area contributed by atoms with Crippen LogP contribution < -0.4 is 10.4 Å². The molecule has 2 rings (SSSR count). The summed E-state index contributed by atoms with van der Waals surface area (Å²) in [5.74, 6) is 0.498. The van der Waals surface area contributed by atoms with Gasteiger partial charge >= 0.3 is 0 Å². The Morgan fingerprint density at radius 2 is 1.43 bits per heavy atom. The van der Waals surface area contributed by atoms with E-state index in [2.05, 4.69) is 88.4 Å². The minimum atomic E-state index is -2.40. The molecule has 0 amide bonds. The molecule has 0 spiro atoms. The lowest BCUT2D eigenvalue weighted by Crippen LogP contribution is -2.66. The summed E-state index contributed by atoms with van der Waals surface area (Å²) in [6.45, 7) is 11.0. The molecule has 0 saturated carbocycles. The quantitative estimate of drug-likeness (QED) is 0.313. The van der Waals surface area contributed by atoms with Crippen LogP contribution in [-0.2, 0) is 13.9 Å². The van der Waals surface area contributed by atoms with Gasteiger partial charge in [0, 0.05) is 13.7 Å². The van der Waals surface area contributed by atoms with Crippen LogP contribution in [0.3, 0.4) is 0 Å². The van der Waals surface area contributed by atoms with Crippen molar-refractivity contribution < 1.29 is 13.9 Å². The second-order valence-electron chi connectivity index (χ2n) is 8.54. The number of ether oxygens (including phenoxy) is 2. The van der Waals surface area contributed by atoms with Crippen LogP contribution in [0.25, 0.3) is 0 Å². The van der Waals surface area contributed by atoms with E-state index in [9.17, 15) is 0 Å². The fourth-order valence-electron chi connectivity index (χ4n) is 3.83. The van der Waals surface area contributed by atoms with E-state index in [1.54, 1.807) is 7.11 Å². The molecule has 1 atom stereocenters. The molecule has 0 bridgehead atoms. The smallest absolute Gasteiger partial charge is 0.261 e. The van der Waals surface area contributed by atoms with E-state index < -0.39 is 8.32 Å². The molecule has 0 aliphatic carbocycles. The Balaban J connectivity index is 2.18. The van der Waals surface area contributed by atoms with Gasteiger partial charge in [0.25, 0.3) is 8.32 Å². The minimum Gasteiger partial charge on any atom is -0.407 e. The van der Waals surface area contributed by atoms with Gasteiger partial charge in [-0.1, -0.05) is 88.4 Å². The Kier molecular flexibility index (Phi) is 8.89. The Labute approximate surface area is 172 Å². The lowest BCUT2D eigenvalue weighted by atomic mass is 10.1. The molecule has 0 fully saturated rings. The van der Waals surface area contributed by atoms with Crippen LogP contribution >= 0.6 is 0 Å². The Hall–Kier alpha value is -1.46. The summed E-state index contributed by atoms with van der Waals surface area (Å²) in [7, 11) is -0.749. The molecule has 0 N–H and O–H groups in total. The molecular weight excluding hydrogens is 364 g/mol. The molecule has 0 aliphatic rings. The van der Waals surface area contributed by atoms with Gasteiger partial charge in [-0.15, -0.1) is 0 Å². The maximum absolute atomic E-state index is 6.92. The topological polar surface area (TPSA) is 27.7 Å². The van der Waals surface area contributed by atoms with E-state index >= 15 is 0 Å². The minimum absolute atomic E-state index is 0.0307. The van der Waals surface area contributed by atoms with Gasteiger partial charge < -0.3 is 13.9 Å². The highest BCUT2D eigenvalue weighted by Crippen LogP contribution is 2.36. The second-order valence-corrected chi connectivity index (χ2v) is 12.8. The normalized spacial score (nSPS) is 13.5. The van der Waals surface area contributed by atoms with E-state index in [0.29, 0.717) is 12.7 Å². The average Bonchev–Trinajstić information content (AvgIpc) is 2.69. The van der Waals surface area contributed by atoms with Crippen molar-refractivity contribution in [3.63, 3.8) is 0 Å². The van der Waals surface area contributed by atoms with Gasteiger partial charge in [-0.25, -0.2) is 0 Å². The SMILES string of the molecule is COCOC[C@H](C)CCCO[Si](c1ccccc1)(c1ccccc1)C(C)(C)C.